The lowest BCUT2D eigenvalue weighted by Crippen LogP contribution is -2.12. The summed E-state index contributed by atoms with van der Waals surface area (Å²) in [5.41, 5.74) is 6.11. The Bertz CT molecular complexity index is 1020. The third-order valence-corrected chi connectivity index (χ3v) is 5.68. The zero-order valence-corrected chi connectivity index (χ0v) is 16.7. The van der Waals surface area contributed by atoms with E-state index in [2.05, 4.69) is 34.6 Å². The van der Waals surface area contributed by atoms with Gasteiger partial charge in [0.25, 0.3) is 0 Å². The normalized spacial score (nSPS) is 13.2. The van der Waals surface area contributed by atoms with Crippen molar-refractivity contribution in [1.82, 2.24) is 9.97 Å². The van der Waals surface area contributed by atoms with E-state index < -0.39 is 0 Å². The molecule has 0 aliphatic heterocycles. The van der Waals surface area contributed by atoms with Crippen molar-refractivity contribution in [3.63, 3.8) is 0 Å². The van der Waals surface area contributed by atoms with Crippen LogP contribution in [0.25, 0.3) is 10.9 Å². The highest BCUT2D eigenvalue weighted by Gasteiger charge is 2.17. The Morgan fingerprint density at radius 3 is 2.83 bits per heavy atom. The van der Waals surface area contributed by atoms with E-state index in [9.17, 15) is 9.90 Å². The highest BCUT2D eigenvalue weighted by atomic mass is 16.3. The molecule has 1 aromatic carbocycles. The molecule has 0 atom stereocenters. The van der Waals surface area contributed by atoms with Gasteiger partial charge in [0, 0.05) is 29.5 Å². The van der Waals surface area contributed by atoms with Crippen LogP contribution in [0.3, 0.4) is 0 Å². The van der Waals surface area contributed by atoms with Crippen LogP contribution in [0.1, 0.15) is 59.4 Å². The van der Waals surface area contributed by atoms with Crippen LogP contribution in [0, 0.1) is 0 Å². The van der Waals surface area contributed by atoms with Gasteiger partial charge in [-0.25, -0.2) is 4.98 Å². The van der Waals surface area contributed by atoms with E-state index in [-0.39, 0.29) is 11.4 Å². The van der Waals surface area contributed by atoms with Gasteiger partial charge in [0.1, 0.15) is 11.4 Å². The monoisotopic (exact) mass is 389 g/mol. The second kappa shape index (κ2) is 9.03. The van der Waals surface area contributed by atoms with E-state index in [1.807, 2.05) is 0 Å². The van der Waals surface area contributed by atoms with Gasteiger partial charge in [-0.3, -0.25) is 9.78 Å². The fourth-order valence-corrected chi connectivity index (χ4v) is 4.15. The third kappa shape index (κ3) is 4.39. The number of para-hydroxylation sites is 1. The molecule has 2 heterocycles. The number of pyridine rings is 2. The van der Waals surface area contributed by atoms with Crippen LogP contribution < -0.4 is 5.32 Å². The van der Waals surface area contributed by atoms with Gasteiger partial charge in [0.15, 0.2) is 6.29 Å². The molecule has 5 nitrogen and oxygen atoms in total. The number of carbonyl (C=O) groups excluding carboxylic acids is 1. The number of nitrogens with zero attached hydrogens (tertiary/aromatic N) is 2. The first-order valence-electron chi connectivity index (χ1n) is 10.5. The molecule has 0 unspecified atom stereocenters. The predicted octanol–water partition coefficient (Wildman–Crippen LogP) is 4.85. The van der Waals surface area contributed by atoms with Crippen molar-refractivity contribution in [3.8, 4) is 5.75 Å². The van der Waals surface area contributed by atoms with Crippen molar-refractivity contribution in [1.29, 1.82) is 0 Å². The van der Waals surface area contributed by atoms with Gasteiger partial charge >= 0.3 is 0 Å². The molecule has 0 saturated carbocycles. The number of aryl methyl sites for hydroxylation is 2. The zero-order chi connectivity index (χ0) is 20.1. The van der Waals surface area contributed by atoms with Gasteiger partial charge in [-0.1, -0.05) is 24.6 Å². The minimum absolute atomic E-state index is 0.0338. The molecule has 4 rings (SSSR count). The summed E-state index contributed by atoms with van der Waals surface area (Å²) >= 11 is 0. The fourth-order valence-electron chi connectivity index (χ4n) is 4.15. The summed E-state index contributed by atoms with van der Waals surface area (Å²) < 4.78 is 0. The Labute approximate surface area is 171 Å². The molecule has 3 aromatic rings. The molecule has 2 aromatic heterocycles. The molecule has 0 spiro atoms. The number of aromatic nitrogens is 2. The zero-order valence-electron chi connectivity index (χ0n) is 16.7. The maximum Gasteiger partial charge on any atom is 0.172 e. The van der Waals surface area contributed by atoms with Crippen molar-refractivity contribution in [2.24, 2.45) is 0 Å². The molecule has 150 valence electrons. The maximum atomic E-state index is 10.7. The number of rotatable bonds is 8. The highest BCUT2D eigenvalue weighted by molar-refractivity contribution is 5.93. The van der Waals surface area contributed by atoms with Gasteiger partial charge < -0.3 is 10.4 Å². The van der Waals surface area contributed by atoms with Gasteiger partial charge in [-0.05, 0) is 68.2 Å². The first-order chi connectivity index (χ1) is 14.3. The Kier molecular flexibility index (Phi) is 6.03. The van der Waals surface area contributed by atoms with E-state index in [1.165, 1.54) is 35.2 Å². The van der Waals surface area contributed by atoms with E-state index >= 15 is 0 Å². The number of unbranched alkanes of at least 4 members (excludes halogenated alkanes) is 2. The second-order valence-corrected chi connectivity index (χ2v) is 7.74. The van der Waals surface area contributed by atoms with Crippen LogP contribution in [0.5, 0.6) is 5.75 Å². The van der Waals surface area contributed by atoms with Crippen LogP contribution in [0.15, 0.2) is 36.5 Å². The Balaban J connectivity index is 1.33. The van der Waals surface area contributed by atoms with Gasteiger partial charge in [-0.2, -0.15) is 0 Å². The van der Waals surface area contributed by atoms with Crippen LogP contribution in [0.2, 0.25) is 0 Å². The molecule has 0 fully saturated rings. The largest absolute Gasteiger partial charge is 0.506 e. The molecule has 1 aliphatic carbocycles. The minimum Gasteiger partial charge on any atom is -0.506 e. The molecule has 0 bridgehead atoms. The molecule has 5 heteroatoms. The number of carbonyl (C=O) groups is 1. The molecular weight excluding hydrogens is 362 g/mol. The summed E-state index contributed by atoms with van der Waals surface area (Å²) in [7, 11) is 0. The quantitative estimate of drug-likeness (QED) is 0.425. The number of nitrogens with one attached hydrogen (secondary N) is 1. The topological polar surface area (TPSA) is 75.1 Å². The Morgan fingerprint density at radius 1 is 1.10 bits per heavy atom. The summed E-state index contributed by atoms with van der Waals surface area (Å²) in [5, 5.41) is 14.7. The number of aromatic hydroxyl groups is 1. The standard InChI is InChI=1S/C24H27N3O2/c28-16-22-23(29)14-17(15-26-22)8-2-1-7-13-25-24-18-9-3-5-11-20(18)27-21-12-6-4-10-19(21)24/h3,5,9,11,14-16,29H,1-2,4,6-8,10,12-13H2,(H,25,27). The summed E-state index contributed by atoms with van der Waals surface area (Å²) in [5.74, 6) is -0.0338. The number of aldehydes is 1. The maximum absolute atomic E-state index is 10.7. The Hall–Kier alpha value is -2.95. The van der Waals surface area contributed by atoms with Crippen LogP contribution in [-0.2, 0) is 19.3 Å². The summed E-state index contributed by atoms with van der Waals surface area (Å²) in [6.45, 7) is 0.939. The molecular formula is C24H27N3O2. The number of hydrogen-bond donors (Lipinski definition) is 2. The van der Waals surface area contributed by atoms with Gasteiger partial charge in [0.2, 0.25) is 0 Å². The van der Waals surface area contributed by atoms with E-state index in [4.69, 9.17) is 4.98 Å². The average molecular weight is 389 g/mol. The number of benzene rings is 1. The first kappa shape index (κ1) is 19.4. The summed E-state index contributed by atoms with van der Waals surface area (Å²) in [4.78, 5) is 19.6. The lowest BCUT2D eigenvalue weighted by atomic mass is 9.92. The SMILES string of the molecule is O=Cc1ncc(CCCCCNc2c3c(nc4ccccc24)CCCC3)cc1O. The van der Waals surface area contributed by atoms with Crippen molar-refractivity contribution < 1.29 is 9.90 Å². The van der Waals surface area contributed by atoms with Crippen molar-refractivity contribution in [3.05, 3.63) is 59.0 Å². The molecule has 0 amide bonds. The van der Waals surface area contributed by atoms with Gasteiger partial charge in [-0.15, -0.1) is 0 Å². The highest BCUT2D eigenvalue weighted by Crippen LogP contribution is 2.33. The molecule has 1 aliphatic rings. The third-order valence-electron chi connectivity index (χ3n) is 5.68. The molecule has 29 heavy (non-hydrogen) atoms. The van der Waals surface area contributed by atoms with Crippen molar-refractivity contribution >= 4 is 22.9 Å². The van der Waals surface area contributed by atoms with E-state index in [0.29, 0.717) is 6.29 Å². The molecule has 0 radical (unpaired) electrons. The number of fused-ring (bicyclic) bond motifs is 2. The molecule has 2 N–H and O–H groups in total. The smallest absolute Gasteiger partial charge is 0.172 e. The lowest BCUT2D eigenvalue weighted by Gasteiger charge is -2.21. The second-order valence-electron chi connectivity index (χ2n) is 7.74. The number of hydrogen-bond acceptors (Lipinski definition) is 5. The lowest BCUT2D eigenvalue weighted by molar-refractivity contribution is 0.111. The first-order valence-corrected chi connectivity index (χ1v) is 10.5. The summed E-state index contributed by atoms with van der Waals surface area (Å²) in [6, 6.07) is 10.1. The average Bonchev–Trinajstić information content (AvgIpc) is 2.75. The van der Waals surface area contributed by atoms with Crippen molar-refractivity contribution in [2.45, 2.75) is 51.4 Å². The van der Waals surface area contributed by atoms with Crippen LogP contribution in [0.4, 0.5) is 5.69 Å². The van der Waals surface area contributed by atoms with Crippen LogP contribution in [-0.4, -0.2) is 27.9 Å². The van der Waals surface area contributed by atoms with Crippen molar-refractivity contribution in [2.75, 3.05) is 11.9 Å². The fraction of sp³-hybridized carbons (Fsp3) is 0.375. The van der Waals surface area contributed by atoms with Crippen LogP contribution >= 0.6 is 0 Å². The Morgan fingerprint density at radius 2 is 1.97 bits per heavy atom. The van der Waals surface area contributed by atoms with E-state index in [1.54, 1.807) is 12.3 Å². The predicted molar refractivity (Wildman–Crippen MR) is 116 cm³/mol. The van der Waals surface area contributed by atoms with E-state index in [0.717, 1.165) is 56.1 Å². The molecule has 0 saturated heterocycles. The summed E-state index contributed by atoms with van der Waals surface area (Å²) in [6.07, 6.45) is 11.0. The minimum atomic E-state index is -0.0338. The number of anilines is 1. The van der Waals surface area contributed by atoms with Gasteiger partial charge in [0.05, 0.1) is 5.52 Å².